The summed E-state index contributed by atoms with van der Waals surface area (Å²) in [5.41, 5.74) is 0.833. The zero-order valence-corrected chi connectivity index (χ0v) is 10.4. The summed E-state index contributed by atoms with van der Waals surface area (Å²) in [4.78, 5) is 0. The van der Waals surface area contributed by atoms with Crippen LogP contribution in [0.5, 0.6) is 0 Å². The molecule has 1 aromatic heterocycles. The van der Waals surface area contributed by atoms with E-state index in [0.29, 0.717) is 0 Å². The lowest BCUT2D eigenvalue weighted by molar-refractivity contribution is 0.153. The Morgan fingerprint density at radius 3 is 2.57 bits per heavy atom. The van der Waals surface area contributed by atoms with Crippen LogP contribution in [0.15, 0.2) is 12.3 Å². The van der Waals surface area contributed by atoms with Crippen molar-refractivity contribution in [2.45, 2.75) is 38.3 Å². The van der Waals surface area contributed by atoms with Gasteiger partial charge < -0.3 is 5.11 Å². The van der Waals surface area contributed by atoms with Gasteiger partial charge in [0.15, 0.2) is 0 Å². The van der Waals surface area contributed by atoms with Crippen LogP contribution in [-0.2, 0) is 11.8 Å². The van der Waals surface area contributed by atoms with Gasteiger partial charge in [0.1, 0.15) is 0 Å². The van der Waals surface area contributed by atoms with Crippen LogP contribution in [0.1, 0.15) is 12.6 Å². The molecule has 3 nitrogen and oxygen atoms in total. The molecule has 1 radical (unpaired) electrons. The standard InChI is InChI=1S/C10H19N2OSi/c1-6-12-9(7-8-11-12)10(2,13)14(3,4)5/h7-8,13H,2,6H2,1,3-5H3. The molecule has 0 amide bonds. The second kappa shape index (κ2) is 3.51. The van der Waals surface area contributed by atoms with Crippen LogP contribution in [0.4, 0.5) is 0 Å². The molecule has 1 heterocycles. The first kappa shape index (κ1) is 11.5. The summed E-state index contributed by atoms with van der Waals surface area (Å²) in [6, 6.07) is 1.86. The third-order valence-corrected chi connectivity index (χ3v) is 5.42. The molecule has 0 aliphatic heterocycles. The van der Waals surface area contributed by atoms with Crippen LogP contribution in [0, 0.1) is 6.92 Å². The molecule has 0 aromatic carbocycles. The third-order valence-electron chi connectivity index (χ3n) is 2.68. The number of hydrogen-bond acceptors (Lipinski definition) is 2. The van der Waals surface area contributed by atoms with E-state index in [2.05, 4.69) is 31.7 Å². The quantitative estimate of drug-likeness (QED) is 0.774. The van der Waals surface area contributed by atoms with Gasteiger partial charge in [0.2, 0.25) is 0 Å². The molecule has 1 N–H and O–H groups in total. The fourth-order valence-electron chi connectivity index (χ4n) is 1.32. The fourth-order valence-corrected chi connectivity index (χ4v) is 2.30. The molecular formula is C10H19N2OSi. The van der Waals surface area contributed by atoms with Gasteiger partial charge in [-0.3, -0.25) is 4.68 Å². The molecule has 0 aliphatic rings. The summed E-state index contributed by atoms with van der Waals surface area (Å²) in [7, 11) is -1.75. The predicted molar refractivity (Wildman–Crippen MR) is 60.5 cm³/mol. The summed E-state index contributed by atoms with van der Waals surface area (Å²) in [6.07, 6.45) is 1.72. The van der Waals surface area contributed by atoms with Crippen molar-refractivity contribution in [3.8, 4) is 0 Å². The van der Waals surface area contributed by atoms with Crippen LogP contribution in [0.2, 0.25) is 19.6 Å². The molecular weight excluding hydrogens is 192 g/mol. The molecule has 1 aromatic rings. The van der Waals surface area contributed by atoms with E-state index in [9.17, 15) is 5.11 Å². The molecule has 0 saturated heterocycles. The van der Waals surface area contributed by atoms with E-state index in [0.717, 1.165) is 12.2 Å². The largest absolute Gasteiger partial charge is 0.387 e. The van der Waals surface area contributed by atoms with E-state index < -0.39 is 13.3 Å². The second-order valence-corrected chi connectivity index (χ2v) is 9.97. The highest BCUT2D eigenvalue weighted by molar-refractivity contribution is 6.78. The highest BCUT2D eigenvalue weighted by Crippen LogP contribution is 2.30. The zero-order valence-electron chi connectivity index (χ0n) is 9.41. The molecule has 0 aliphatic carbocycles. The van der Waals surface area contributed by atoms with Crippen molar-refractivity contribution in [1.29, 1.82) is 0 Å². The smallest absolute Gasteiger partial charge is 0.0947 e. The SMILES string of the molecule is [CH2]C(O)(c1ccnn1CC)[Si](C)(C)C. The van der Waals surface area contributed by atoms with Gasteiger partial charge in [-0.05, 0) is 19.9 Å². The Kier molecular flexibility index (Phi) is 2.87. The van der Waals surface area contributed by atoms with Gasteiger partial charge in [0, 0.05) is 12.7 Å². The maximum absolute atomic E-state index is 10.4. The Labute approximate surface area is 86.8 Å². The molecule has 0 saturated carbocycles. The topological polar surface area (TPSA) is 38.1 Å². The highest BCUT2D eigenvalue weighted by atomic mass is 28.3. The molecule has 14 heavy (non-hydrogen) atoms. The lowest BCUT2D eigenvalue weighted by Crippen LogP contribution is -2.48. The first-order chi connectivity index (χ1) is 6.30. The molecule has 0 fully saturated rings. The molecule has 4 heteroatoms. The normalized spacial score (nSPS) is 16.7. The highest BCUT2D eigenvalue weighted by Gasteiger charge is 2.41. The monoisotopic (exact) mass is 211 g/mol. The van der Waals surface area contributed by atoms with Gasteiger partial charge in [0.05, 0.1) is 19.0 Å². The van der Waals surface area contributed by atoms with Gasteiger partial charge in [-0.25, -0.2) is 0 Å². The number of aromatic nitrogens is 2. The number of nitrogens with zero attached hydrogens (tertiary/aromatic N) is 2. The number of aryl methyl sites for hydroxylation is 1. The average molecular weight is 211 g/mol. The minimum absolute atomic E-state index is 0.768. The molecule has 79 valence electrons. The summed E-state index contributed by atoms with van der Waals surface area (Å²) in [5, 5.41) is 13.6. The first-order valence-corrected chi connectivity index (χ1v) is 8.40. The Bertz CT molecular complexity index is 312. The maximum Gasteiger partial charge on any atom is 0.0947 e. The van der Waals surface area contributed by atoms with E-state index in [-0.39, 0.29) is 0 Å². The summed E-state index contributed by atoms with van der Waals surface area (Å²) in [6.45, 7) is 13.0. The fraction of sp³-hybridized carbons (Fsp3) is 0.600. The lowest BCUT2D eigenvalue weighted by Gasteiger charge is -2.35. The van der Waals surface area contributed by atoms with Gasteiger partial charge >= 0.3 is 0 Å². The Morgan fingerprint density at radius 1 is 1.57 bits per heavy atom. The van der Waals surface area contributed by atoms with Gasteiger partial charge in [-0.15, -0.1) is 0 Å². The van der Waals surface area contributed by atoms with E-state index in [4.69, 9.17) is 0 Å². The second-order valence-electron chi connectivity index (χ2n) is 4.64. The Hall–Kier alpha value is -0.613. The summed E-state index contributed by atoms with van der Waals surface area (Å²) < 4.78 is 1.81. The van der Waals surface area contributed by atoms with Crippen molar-refractivity contribution < 1.29 is 5.11 Å². The van der Waals surface area contributed by atoms with Crippen molar-refractivity contribution >= 4 is 8.07 Å². The van der Waals surface area contributed by atoms with Gasteiger partial charge in [0.25, 0.3) is 0 Å². The molecule has 1 atom stereocenters. The van der Waals surface area contributed by atoms with E-state index in [1.807, 2.05) is 17.7 Å². The molecule has 0 spiro atoms. The molecule has 0 bridgehead atoms. The van der Waals surface area contributed by atoms with E-state index >= 15 is 0 Å². The maximum atomic E-state index is 10.4. The van der Waals surface area contributed by atoms with Crippen LogP contribution >= 0.6 is 0 Å². The average Bonchev–Trinajstić information content (AvgIpc) is 2.49. The first-order valence-electron chi connectivity index (χ1n) is 4.90. The van der Waals surface area contributed by atoms with E-state index in [1.165, 1.54) is 0 Å². The Balaban J connectivity index is 3.16. The minimum Gasteiger partial charge on any atom is -0.387 e. The van der Waals surface area contributed by atoms with Crippen molar-refractivity contribution in [3.05, 3.63) is 24.9 Å². The minimum atomic E-state index is -1.75. The van der Waals surface area contributed by atoms with Crippen molar-refractivity contribution in [1.82, 2.24) is 9.78 Å². The summed E-state index contributed by atoms with van der Waals surface area (Å²) in [5.74, 6) is 0. The van der Waals surface area contributed by atoms with Crippen molar-refractivity contribution in [2.24, 2.45) is 0 Å². The predicted octanol–water partition coefficient (Wildman–Crippen LogP) is 1.80. The molecule has 1 rings (SSSR count). The summed E-state index contributed by atoms with van der Waals surface area (Å²) >= 11 is 0. The number of aliphatic hydroxyl groups is 1. The third kappa shape index (κ3) is 1.76. The van der Waals surface area contributed by atoms with E-state index in [1.54, 1.807) is 6.20 Å². The lowest BCUT2D eigenvalue weighted by atomic mass is 10.3. The number of hydrogen-bond donors (Lipinski definition) is 1. The van der Waals surface area contributed by atoms with Crippen LogP contribution in [0.25, 0.3) is 0 Å². The van der Waals surface area contributed by atoms with Crippen LogP contribution in [-0.4, -0.2) is 23.0 Å². The molecule has 1 unspecified atom stereocenters. The zero-order chi connectivity index (χ0) is 11.0. The van der Waals surface area contributed by atoms with Crippen LogP contribution < -0.4 is 0 Å². The Morgan fingerprint density at radius 2 is 2.14 bits per heavy atom. The number of rotatable bonds is 3. The van der Waals surface area contributed by atoms with Crippen molar-refractivity contribution in [3.63, 3.8) is 0 Å². The van der Waals surface area contributed by atoms with Crippen molar-refractivity contribution in [2.75, 3.05) is 0 Å². The van der Waals surface area contributed by atoms with Gasteiger partial charge in [-0.2, -0.15) is 5.10 Å². The van der Waals surface area contributed by atoms with Crippen LogP contribution in [0.3, 0.4) is 0 Å². The van der Waals surface area contributed by atoms with Gasteiger partial charge in [-0.1, -0.05) is 19.6 Å².